The Balaban J connectivity index is 1.17. The maximum absolute atomic E-state index is 12.4. The zero-order chi connectivity index (χ0) is 23.5. The molecule has 3 aromatic rings. The second kappa shape index (κ2) is 9.75. The van der Waals surface area contributed by atoms with Gasteiger partial charge in [0, 0.05) is 18.9 Å². The zero-order valence-corrected chi connectivity index (χ0v) is 18.6. The number of rotatable bonds is 6. The fourth-order valence-electron chi connectivity index (χ4n) is 4.53. The van der Waals surface area contributed by atoms with Crippen LogP contribution in [0.3, 0.4) is 0 Å². The van der Waals surface area contributed by atoms with Crippen LogP contribution in [0.5, 0.6) is 11.5 Å². The van der Waals surface area contributed by atoms with Crippen molar-refractivity contribution in [3.05, 3.63) is 83.4 Å². The first-order chi connectivity index (χ1) is 16.6. The van der Waals surface area contributed by atoms with Crippen LogP contribution in [-0.2, 0) is 4.74 Å². The maximum atomic E-state index is 12.4. The lowest BCUT2D eigenvalue weighted by Crippen LogP contribution is -2.36. The lowest BCUT2D eigenvalue weighted by Gasteiger charge is -2.20. The highest BCUT2D eigenvalue weighted by Crippen LogP contribution is 2.44. The average Bonchev–Trinajstić information content (AvgIpc) is 3.00. The zero-order valence-electron chi connectivity index (χ0n) is 18.6. The number of carbonyl (C=O) groups is 1. The smallest absolute Gasteiger partial charge is 0.407 e. The van der Waals surface area contributed by atoms with Crippen molar-refractivity contribution >= 4 is 6.09 Å². The van der Waals surface area contributed by atoms with Crippen LogP contribution < -0.4 is 14.8 Å². The molecule has 0 aromatic heterocycles. The molecule has 7 heteroatoms. The molecule has 1 aliphatic heterocycles. The first-order valence-corrected chi connectivity index (χ1v) is 11.5. The molecule has 176 valence electrons. The number of ether oxygens (including phenoxy) is 3. The van der Waals surface area contributed by atoms with Crippen LogP contribution in [0.25, 0.3) is 11.1 Å². The molecule has 0 radical (unpaired) electrons. The van der Waals surface area contributed by atoms with E-state index in [1.54, 1.807) is 18.2 Å². The van der Waals surface area contributed by atoms with Gasteiger partial charge in [0.05, 0.1) is 13.2 Å². The largest absolute Gasteiger partial charge is 0.490 e. The lowest BCUT2D eigenvalue weighted by molar-refractivity contribution is 0.0184. The highest BCUT2D eigenvalue weighted by molar-refractivity contribution is 5.79. The summed E-state index contributed by atoms with van der Waals surface area (Å²) in [7, 11) is 0. The van der Waals surface area contributed by atoms with E-state index >= 15 is 0 Å². The van der Waals surface area contributed by atoms with Crippen molar-refractivity contribution in [1.82, 2.24) is 5.32 Å². The summed E-state index contributed by atoms with van der Waals surface area (Å²) in [6.07, 6.45) is -2.29. The molecule has 2 unspecified atom stereocenters. The van der Waals surface area contributed by atoms with E-state index in [0.29, 0.717) is 30.3 Å². The topological polar surface area (TPSA) is 97.3 Å². The van der Waals surface area contributed by atoms with Crippen LogP contribution in [0.1, 0.15) is 35.1 Å². The van der Waals surface area contributed by atoms with Gasteiger partial charge < -0.3 is 29.7 Å². The first-order valence-electron chi connectivity index (χ1n) is 11.5. The number of hydrogen-bond donors (Lipinski definition) is 3. The Labute approximate surface area is 197 Å². The molecule has 0 saturated heterocycles. The van der Waals surface area contributed by atoms with Crippen LogP contribution in [-0.4, -0.2) is 48.8 Å². The minimum absolute atomic E-state index is 0.0459. The summed E-state index contributed by atoms with van der Waals surface area (Å²) in [4.78, 5) is 12.4. The number of hydrogen-bond acceptors (Lipinski definition) is 6. The molecule has 3 aromatic carbocycles. The van der Waals surface area contributed by atoms with Gasteiger partial charge >= 0.3 is 6.09 Å². The van der Waals surface area contributed by atoms with Gasteiger partial charge in [-0.1, -0.05) is 54.6 Å². The van der Waals surface area contributed by atoms with Gasteiger partial charge in [0.25, 0.3) is 0 Å². The van der Waals surface area contributed by atoms with E-state index < -0.39 is 18.3 Å². The number of aliphatic hydroxyl groups excluding tert-OH is 2. The number of amides is 1. The number of nitrogens with one attached hydrogen (secondary N) is 1. The third kappa shape index (κ3) is 4.44. The predicted octanol–water partition coefficient (Wildman–Crippen LogP) is 3.78. The highest BCUT2D eigenvalue weighted by atomic mass is 16.5. The summed E-state index contributed by atoms with van der Waals surface area (Å²) in [5, 5.41) is 23.5. The molecule has 1 heterocycles. The molecule has 7 nitrogen and oxygen atoms in total. The molecule has 5 rings (SSSR count). The van der Waals surface area contributed by atoms with Crippen LogP contribution in [0.2, 0.25) is 0 Å². The van der Waals surface area contributed by atoms with Crippen molar-refractivity contribution in [2.45, 2.75) is 24.5 Å². The average molecular weight is 462 g/mol. The third-order valence-electron chi connectivity index (χ3n) is 6.28. The van der Waals surface area contributed by atoms with E-state index in [2.05, 4.69) is 29.6 Å². The Hall–Kier alpha value is -3.55. The Bertz CT molecular complexity index is 1130. The van der Waals surface area contributed by atoms with Gasteiger partial charge in [-0.2, -0.15) is 0 Å². The van der Waals surface area contributed by atoms with Crippen LogP contribution in [0.15, 0.2) is 66.7 Å². The molecule has 0 spiro atoms. The Morgan fingerprint density at radius 2 is 1.59 bits per heavy atom. The molecular formula is C27H27NO6. The standard InChI is InChI=1S/C27H27NO6/c29-23(26(30)17-10-11-24-25(14-17)33-13-5-12-32-24)15-28-27(31)34-16-22-20-8-3-1-6-18(20)19-7-2-4-9-21(19)22/h1-4,6-11,14,22-23,26,29-30H,5,12-13,15-16H2,(H,28,31). The van der Waals surface area contributed by atoms with E-state index in [9.17, 15) is 15.0 Å². The number of aliphatic hydroxyl groups is 2. The van der Waals surface area contributed by atoms with Gasteiger partial charge in [0.15, 0.2) is 11.5 Å². The number of carbonyl (C=O) groups excluding carboxylic acids is 1. The first kappa shape index (κ1) is 22.3. The highest BCUT2D eigenvalue weighted by Gasteiger charge is 2.29. The van der Waals surface area contributed by atoms with E-state index in [0.717, 1.165) is 28.7 Å². The second-order valence-electron chi connectivity index (χ2n) is 8.48. The van der Waals surface area contributed by atoms with E-state index in [-0.39, 0.29) is 19.1 Å². The van der Waals surface area contributed by atoms with Gasteiger partial charge in [0.1, 0.15) is 18.8 Å². The van der Waals surface area contributed by atoms with Gasteiger partial charge in [-0.15, -0.1) is 0 Å². The van der Waals surface area contributed by atoms with Gasteiger partial charge in [-0.3, -0.25) is 0 Å². The molecule has 0 bridgehead atoms. The Kier molecular flexibility index (Phi) is 6.38. The fourth-order valence-corrected chi connectivity index (χ4v) is 4.53. The van der Waals surface area contributed by atoms with E-state index in [1.165, 1.54) is 0 Å². The molecular weight excluding hydrogens is 434 g/mol. The molecule has 1 aliphatic carbocycles. The fraction of sp³-hybridized carbons (Fsp3) is 0.296. The number of alkyl carbamates (subject to hydrolysis) is 1. The van der Waals surface area contributed by atoms with Crippen molar-refractivity contribution < 1.29 is 29.2 Å². The minimum Gasteiger partial charge on any atom is -0.490 e. The summed E-state index contributed by atoms with van der Waals surface area (Å²) in [5.74, 6) is 1.10. The summed E-state index contributed by atoms with van der Waals surface area (Å²) in [6.45, 7) is 1.12. The predicted molar refractivity (Wildman–Crippen MR) is 126 cm³/mol. The third-order valence-corrected chi connectivity index (χ3v) is 6.28. The monoisotopic (exact) mass is 461 g/mol. The van der Waals surface area contributed by atoms with E-state index in [4.69, 9.17) is 14.2 Å². The van der Waals surface area contributed by atoms with Crippen LogP contribution >= 0.6 is 0 Å². The van der Waals surface area contributed by atoms with Crippen molar-refractivity contribution in [1.29, 1.82) is 0 Å². The molecule has 34 heavy (non-hydrogen) atoms. The van der Waals surface area contributed by atoms with Crippen molar-refractivity contribution in [3.8, 4) is 22.6 Å². The molecule has 0 fully saturated rings. The Morgan fingerprint density at radius 1 is 0.941 bits per heavy atom. The summed E-state index contributed by atoms with van der Waals surface area (Å²) in [6, 6.07) is 21.3. The molecule has 0 saturated carbocycles. The van der Waals surface area contributed by atoms with Gasteiger partial charge in [-0.05, 0) is 39.9 Å². The molecule has 2 aliphatic rings. The number of benzene rings is 3. The second-order valence-corrected chi connectivity index (χ2v) is 8.48. The summed E-state index contributed by atoms with van der Waals surface area (Å²) < 4.78 is 16.7. The van der Waals surface area contributed by atoms with Gasteiger partial charge in [-0.25, -0.2) is 4.79 Å². The Morgan fingerprint density at radius 3 is 2.29 bits per heavy atom. The molecule has 3 N–H and O–H groups in total. The van der Waals surface area contributed by atoms with Crippen molar-refractivity contribution in [3.63, 3.8) is 0 Å². The SMILES string of the molecule is O=C(NCC(O)C(O)c1ccc2c(c1)OCCCO2)OCC1c2ccccc2-c2ccccc21. The minimum atomic E-state index is -1.22. The van der Waals surface area contributed by atoms with Crippen molar-refractivity contribution in [2.24, 2.45) is 0 Å². The summed E-state index contributed by atoms with van der Waals surface area (Å²) in [5.41, 5.74) is 5.04. The molecule has 1 amide bonds. The quantitative estimate of drug-likeness (QED) is 0.517. The van der Waals surface area contributed by atoms with Crippen LogP contribution in [0, 0.1) is 0 Å². The number of fused-ring (bicyclic) bond motifs is 4. The van der Waals surface area contributed by atoms with E-state index in [1.807, 2.05) is 24.3 Å². The van der Waals surface area contributed by atoms with Crippen LogP contribution in [0.4, 0.5) is 4.79 Å². The normalized spacial score (nSPS) is 16.1. The van der Waals surface area contributed by atoms with Crippen molar-refractivity contribution in [2.75, 3.05) is 26.4 Å². The lowest BCUT2D eigenvalue weighted by atomic mass is 9.98. The maximum Gasteiger partial charge on any atom is 0.407 e. The molecule has 2 atom stereocenters. The van der Waals surface area contributed by atoms with Gasteiger partial charge in [0.2, 0.25) is 0 Å². The summed E-state index contributed by atoms with van der Waals surface area (Å²) >= 11 is 0.